The molecule has 1 fully saturated rings. The average molecular weight is 1130 g/mol. The number of fused-ring (bicyclic) bond motifs is 9. The van der Waals surface area contributed by atoms with Crippen LogP contribution in [0.25, 0.3) is 66.2 Å². The van der Waals surface area contributed by atoms with Gasteiger partial charge in [-0.2, -0.15) is 0 Å². The standard InChI is InChI=1S/C24H12N6.C13H12N2O.3C8H8O.C6O6/c1-2-8-14-13(7-1)25-19-20(26-14)22-24(30-18-12-6-5-11-17(18)28-22)23-21(19)27-15-9-3-4-10-16(15)29-23;14-11-7-6-10(8-12(11)15)13(16)9-4-2-1-3-5-9;3*1-7(9)8-5-3-2-4-6-8;7-1-2(8)4(10)6(12)5(11)3(1)9/h1-12H;1-8H,14-15H2;3*2-6H,1H3;. The van der Waals surface area contributed by atoms with Crippen LogP contribution in [0.1, 0.15) is 67.8 Å². The number of carbonyl (C=O) groups is 10. The molecule has 3 heterocycles. The maximum Gasteiger partial charge on any atom is 0.281 e. The van der Waals surface area contributed by atoms with Gasteiger partial charge in [0.2, 0.25) is 0 Å². The number of carbonyl (C=O) groups excluding carboxylic acids is 10. The fraction of sp³-hybridized carbons (Fsp3) is 0.0448. The second-order valence-corrected chi connectivity index (χ2v) is 18.5. The van der Waals surface area contributed by atoms with Crippen molar-refractivity contribution in [1.82, 2.24) is 29.9 Å². The molecule has 18 nitrogen and oxygen atoms in total. The van der Waals surface area contributed by atoms with E-state index in [9.17, 15) is 47.9 Å². The number of aromatic nitrogens is 6. The van der Waals surface area contributed by atoms with E-state index >= 15 is 0 Å². The largest absolute Gasteiger partial charge is 0.397 e. The van der Waals surface area contributed by atoms with Crippen molar-refractivity contribution in [3.63, 3.8) is 0 Å². The molecule has 0 unspecified atom stereocenters. The summed E-state index contributed by atoms with van der Waals surface area (Å²) in [5.74, 6) is -10.1. The van der Waals surface area contributed by atoms with Crippen LogP contribution in [0.3, 0.4) is 0 Å². The number of nitrogen functional groups attached to an aromatic ring is 2. The van der Waals surface area contributed by atoms with Gasteiger partial charge in [-0.25, -0.2) is 29.9 Å². The van der Waals surface area contributed by atoms with Gasteiger partial charge in [0, 0.05) is 27.8 Å². The zero-order chi connectivity index (χ0) is 60.7. The summed E-state index contributed by atoms with van der Waals surface area (Å²) < 4.78 is 0. The first-order valence-corrected chi connectivity index (χ1v) is 25.9. The molecule has 12 aromatic rings. The lowest BCUT2D eigenvalue weighted by Crippen LogP contribution is -2.49. The van der Waals surface area contributed by atoms with Gasteiger partial charge in [0.1, 0.15) is 33.1 Å². The van der Waals surface area contributed by atoms with E-state index in [2.05, 4.69) is 0 Å². The molecule has 3 aromatic heterocycles. The molecule has 1 aliphatic carbocycles. The van der Waals surface area contributed by atoms with Gasteiger partial charge in [0.15, 0.2) is 23.1 Å². The number of Topliss-reactive ketones (excluding diaryl/α,β-unsaturated/α-hetero) is 9. The number of hydrogen-bond donors (Lipinski definition) is 2. The highest BCUT2D eigenvalue weighted by Gasteiger charge is 2.47. The number of para-hydroxylation sites is 6. The first kappa shape index (κ1) is 59.2. The van der Waals surface area contributed by atoms with E-state index in [-0.39, 0.29) is 23.1 Å². The predicted molar refractivity (Wildman–Crippen MR) is 323 cm³/mol. The molecule has 0 spiro atoms. The highest BCUT2D eigenvalue weighted by Crippen LogP contribution is 2.33. The highest BCUT2D eigenvalue weighted by atomic mass is 16.2. The maximum atomic E-state index is 12.0. The molecule has 0 radical (unpaired) electrons. The normalized spacial score (nSPS) is 11.7. The molecular weight excluding hydrogens is 1080 g/mol. The SMILES string of the molecule is CC(=O)c1ccccc1.CC(=O)c1ccccc1.CC(=O)c1ccccc1.Nc1ccc(C(=O)c2ccccc2)cc1N.O=C1C(=O)C(=O)C(=O)C(=O)C1=O.c1ccc2nc3c(nc2c1)c1nc2ccccc2nc1c1nc2ccccc2nc31. The quantitative estimate of drug-likeness (QED) is 0.0532. The van der Waals surface area contributed by atoms with Crippen molar-refractivity contribution in [3.8, 4) is 0 Å². The van der Waals surface area contributed by atoms with Crippen LogP contribution in [-0.2, 0) is 28.8 Å². The van der Waals surface area contributed by atoms with Gasteiger partial charge >= 0.3 is 0 Å². The van der Waals surface area contributed by atoms with E-state index in [4.69, 9.17) is 41.4 Å². The fourth-order valence-corrected chi connectivity index (χ4v) is 8.10. The van der Waals surface area contributed by atoms with Crippen LogP contribution in [0.5, 0.6) is 0 Å². The number of benzene rings is 9. The summed E-state index contributed by atoms with van der Waals surface area (Å²) in [7, 11) is 0. The molecule has 1 aliphatic rings. The van der Waals surface area contributed by atoms with Crippen LogP contribution in [0.15, 0.2) is 212 Å². The van der Waals surface area contributed by atoms with Crippen LogP contribution in [0.2, 0.25) is 0 Å². The van der Waals surface area contributed by atoms with Crippen LogP contribution >= 0.6 is 0 Å². The smallest absolute Gasteiger partial charge is 0.281 e. The molecular formula is C67H48N8O10. The topological polar surface area (TPSA) is 300 Å². The summed E-state index contributed by atoms with van der Waals surface area (Å²) in [4.78, 5) is 136. The summed E-state index contributed by atoms with van der Waals surface area (Å²) in [6.45, 7) is 4.69. The van der Waals surface area contributed by atoms with Crippen molar-refractivity contribution >= 4 is 135 Å². The predicted octanol–water partition coefficient (Wildman–Crippen LogP) is 10.1. The Bertz CT molecular complexity index is 4010. The Kier molecular flexibility index (Phi) is 18.8. The average Bonchev–Trinajstić information content (AvgIpc) is 1.93. The molecule has 1 saturated carbocycles. The van der Waals surface area contributed by atoms with Gasteiger partial charge < -0.3 is 11.5 Å². The highest BCUT2D eigenvalue weighted by molar-refractivity contribution is 7.08. The molecule has 0 amide bonds. The number of anilines is 2. The van der Waals surface area contributed by atoms with Crippen molar-refractivity contribution in [2.24, 2.45) is 0 Å². The van der Waals surface area contributed by atoms with Crippen molar-refractivity contribution in [3.05, 3.63) is 240 Å². The van der Waals surface area contributed by atoms with Crippen LogP contribution in [0, 0.1) is 0 Å². The number of nitrogens with two attached hydrogens (primary N) is 2. The molecule has 0 saturated heterocycles. The van der Waals surface area contributed by atoms with Gasteiger partial charge in [0.25, 0.3) is 34.7 Å². The van der Waals surface area contributed by atoms with Crippen LogP contribution in [0.4, 0.5) is 11.4 Å². The monoisotopic (exact) mass is 1120 g/mol. The van der Waals surface area contributed by atoms with Gasteiger partial charge in [-0.15, -0.1) is 0 Å². The molecule has 0 atom stereocenters. The maximum absolute atomic E-state index is 12.0. The lowest BCUT2D eigenvalue weighted by Gasteiger charge is -2.10. The third kappa shape index (κ3) is 14.2. The molecule has 13 rings (SSSR count). The van der Waals surface area contributed by atoms with E-state index in [0.29, 0.717) is 55.6 Å². The molecule has 4 N–H and O–H groups in total. The second-order valence-electron chi connectivity index (χ2n) is 18.5. The fourth-order valence-electron chi connectivity index (χ4n) is 8.10. The number of rotatable bonds is 5. The van der Waals surface area contributed by atoms with E-state index in [0.717, 1.165) is 49.8 Å². The van der Waals surface area contributed by atoms with E-state index in [1.54, 1.807) is 51.1 Å². The Labute approximate surface area is 483 Å². The molecule has 416 valence electrons. The van der Waals surface area contributed by atoms with Crippen molar-refractivity contribution in [2.75, 3.05) is 11.5 Å². The second kappa shape index (κ2) is 27.0. The third-order valence-electron chi connectivity index (χ3n) is 12.5. The van der Waals surface area contributed by atoms with Gasteiger partial charge in [0.05, 0.1) is 44.5 Å². The number of hydrogen-bond acceptors (Lipinski definition) is 18. The Balaban J connectivity index is 0.000000145. The summed E-state index contributed by atoms with van der Waals surface area (Å²) in [6.07, 6.45) is 0. The number of ketones is 10. The van der Waals surface area contributed by atoms with Crippen LogP contribution in [-0.4, -0.2) is 87.7 Å². The summed E-state index contributed by atoms with van der Waals surface area (Å²) in [5.41, 5.74) is 24.7. The molecule has 0 bridgehead atoms. The van der Waals surface area contributed by atoms with Crippen molar-refractivity contribution in [2.45, 2.75) is 20.8 Å². The summed E-state index contributed by atoms with van der Waals surface area (Å²) >= 11 is 0. The Morgan fingerprint density at radius 2 is 0.471 bits per heavy atom. The molecule has 9 aromatic carbocycles. The van der Waals surface area contributed by atoms with E-state index < -0.39 is 34.7 Å². The lowest BCUT2D eigenvalue weighted by molar-refractivity contribution is -0.158. The molecule has 85 heavy (non-hydrogen) atoms. The van der Waals surface area contributed by atoms with Gasteiger partial charge in [-0.3, -0.25) is 47.9 Å². The van der Waals surface area contributed by atoms with E-state index in [1.807, 2.05) is 182 Å². The number of nitrogens with zero attached hydrogens (tertiary/aromatic N) is 6. The van der Waals surface area contributed by atoms with Crippen LogP contribution < -0.4 is 11.5 Å². The minimum Gasteiger partial charge on any atom is -0.397 e. The Morgan fingerprint density at radius 3 is 0.671 bits per heavy atom. The minimum absolute atomic E-state index is 0.0488. The Morgan fingerprint density at radius 1 is 0.259 bits per heavy atom. The van der Waals surface area contributed by atoms with Crippen molar-refractivity contribution in [1.29, 1.82) is 0 Å². The van der Waals surface area contributed by atoms with Gasteiger partial charge in [-0.1, -0.05) is 158 Å². The zero-order valence-corrected chi connectivity index (χ0v) is 45.6. The lowest BCUT2D eigenvalue weighted by atomic mass is 9.93. The summed E-state index contributed by atoms with van der Waals surface area (Å²) in [6, 6.07) is 65.2. The summed E-state index contributed by atoms with van der Waals surface area (Å²) in [5, 5.41) is 0. The molecule has 0 aliphatic heterocycles. The van der Waals surface area contributed by atoms with E-state index in [1.165, 1.54) is 0 Å². The van der Waals surface area contributed by atoms with Crippen molar-refractivity contribution < 1.29 is 47.9 Å². The zero-order valence-electron chi connectivity index (χ0n) is 45.6. The first-order chi connectivity index (χ1) is 40.9. The third-order valence-corrected chi connectivity index (χ3v) is 12.5. The first-order valence-electron chi connectivity index (χ1n) is 25.9. The Hall–Kier alpha value is -11.9. The molecule has 18 heteroatoms. The minimum atomic E-state index is -1.73. The van der Waals surface area contributed by atoms with Gasteiger partial charge in [-0.05, 0) is 75.4 Å².